The highest BCUT2D eigenvalue weighted by Crippen LogP contribution is 2.70. The summed E-state index contributed by atoms with van der Waals surface area (Å²) in [4.78, 5) is 12.5. The van der Waals surface area contributed by atoms with E-state index in [1.807, 2.05) is 11.8 Å². The molecule has 16 heavy (non-hydrogen) atoms. The van der Waals surface area contributed by atoms with Crippen molar-refractivity contribution in [3.8, 4) is 0 Å². The van der Waals surface area contributed by atoms with Gasteiger partial charge in [-0.3, -0.25) is 4.79 Å². The predicted molar refractivity (Wildman–Crippen MR) is 66.4 cm³/mol. The number of hydrogen-bond acceptors (Lipinski definition) is 2. The van der Waals surface area contributed by atoms with E-state index in [0.29, 0.717) is 17.0 Å². The summed E-state index contributed by atoms with van der Waals surface area (Å²) >= 11 is 1.95. The van der Waals surface area contributed by atoms with E-state index in [9.17, 15) is 4.79 Å². The Bertz CT molecular complexity index is 305. The van der Waals surface area contributed by atoms with E-state index in [-0.39, 0.29) is 0 Å². The lowest BCUT2D eigenvalue weighted by atomic mass is 9.97. The molecule has 2 bridgehead atoms. The standard InChI is InChI=1S/C14H20OS/c15-14(10-3-1-2-6-16-10)13-11-8-4-5-9(7-8)12(11)13/h8-13H,1-7H2. The van der Waals surface area contributed by atoms with Crippen molar-refractivity contribution in [1.82, 2.24) is 0 Å². The van der Waals surface area contributed by atoms with Gasteiger partial charge in [0.2, 0.25) is 0 Å². The van der Waals surface area contributed by atoms with Crippen molar-refractivity contribution >= 4 is 17.5 Å². The second-order valence-corrected chi connectivity index (χ2v) is 7.58. The summed E-state index contributed by atoms with van der Waals surface area (Å²) in [6, 6.07) is 0. The summed E-state index contributed by atoms with van der Waals surface area (Å²) in [6.07, 6.45) is 8.14. The molecular weight excluding hydrogens is 216 g/mol. The third-order valence-corrected chi connectivity index (χ3v) is 6.96. The van der Waals surface area contributed by atoms with Gasteiger partial charge >= 0.3 is 0 Å². The number of carbonyl (C=O) groups is 1. The van der Waals surface area contributed by atoms with Crippen LogP contribution in [0, 0.1) is 29.6 Å². The zero-order valence-corrected chi connectivity index (χ0v) is 10.5. The average Bonchev–Trinajstić information content (AvgIpc) is 2.77. The maximum Gasteiger partial charge on any atom is 0.149 e. The Balaban J connectivity index is 1.46. The zero-order valence-electron chi connectivity index (χ0n) is 9.73. The molecule has 5 atom stereocenters. The monoisotopic (exact) mass is 236 g/mol. The van der Waals surface area contributed by atoms with E-state index >= 15 is 0 Å². The SMILES string of the molecule is O=C(C1CCCCS1)C1C2C3CCC(C3)C12. The molecule has 0 aromatic carbocycles. The lowest BCUT2D eigenvalue weighted by molar-refractivity contribution is -0.120. The molecule has 4 rings (SSSR count). The zero-order chi connectivity index (χ0) is 10.7. The summed E-state index contributed by atoms with van der Waals surface area (Å²) < 4.78 is 0. The second-order valence-electron chi connectivity index (χ2n) is 6.27. The molecule has 3 aliphatic carbocycles. The number of Topliss-reactive ketones (excluding diaryl/α,β-unsaturated/α-hetero) is 1. The van der Waals surface area contributed by atoms with Gasteiger partial charge in [-0.15, -0.1) is 0 Å². The highest BCUT2D eigenvalue weighted by molar-refractivity contribution is 8.00. The van der Waals surface area contributed by atoms with Gasteiger partial charge in [-0.1, -0.05) is 6.42 Å². The molecule has 1 nitrogen and oxygen atoms in total. The van der Waals surface area contributed by atoms with Gasteiger partial charge < -0.3 is 0 Å². The number of ketones is 1. The van der Waals surface area contributed by atoms with E-state index in [4.69, 9.17) is 0 Å². The molecule has 0 aromatic rings. The Labute approximate surface area is 102 Å². The third-order valence-electron chi connectivity index (χ3n) is 5.56. The van der Waals surface area contributed by atoms with Gasteiger partial charge in [0.1, 0.15) is 5.78 Å². The minimum absolute atomic E-state index is 0.392. The van der Waals surface area contributed by atoms with Crippen molar-refractivity contribution in [2.45, 2.75) is 43.8 Å². The molecule has 4 aliphatic rings. The van der Waals surface area contributed by atoms with Crippen LogP contribution in [-0.2, 0) is 4.79 Å². The van der Waals surface area contributed by atoms with Crippen LogP contribution in [0.3, 0.4) is 0 Å². The lowest BCUT2D eigenvalue weighted by Gasteiger charge is -2.21. The Morgan fingerprint density at radius 3 is 2.38 bits per heavy atom. The minimum atomic E-state index is 0.392. The first kappa shape index (κ1) is 9.99. The van der Waals surface area contributed by atoms with Gasteiger partial charge in [-0.25, -0.2) is 0 Å². The maximum absolute atomic E-state index is 12.5. The average molecular weight is 236 g/mol. The van der Waals surface area contributed by atoms with Gasteiger partial charge in [-0.05, 0) is 61.5 Å². The first-order valence-corrected chi connectivity index (χ1v) is 8.06. The van der Waals surface area contributed by atoms with Gasteiger partial charge in [0.15, 0.2) is 0 Å². The van der Waals surface area contributed by atoms with Crippen LogP contribution in [0.4, 0.5) is 0 Å². The quantitative estimate of drug-likeness (QED) is 0.732. The number of rotatable bonds is 2. The van der Waals surface area contributed by atoms with Crippen molar-refractivity contribution in [2.75, 3.05) is 5.75 Å². The van der Waals surface area contributed by atoms with Crippen molar-refractivity contribution in [1.29, 1.82) is 0 Å². The molecule has 2 heteroatoms. The van der Waals surface area contributed by atoms with Crippen molar-refractivity contribution < 1.29 is 4.79 Å². The smallest absolute Gasteiger partial charge is 0.149 e. The van der Waals surface area contributed by atoms with Gasteiger partial charge in [-0.2, -0.15) is 11.8 Å². The van der Waals surface area contributed by atoms with Crippen LogP contribution in [-0.4, -0.2) is 16.8 Å². The van der Waals surface area contributed by atoms with E-state index in [2.05, 4.69) is 0 Å². The lowest BCUT2D eigenvalue weighted by Crippen LogP contribution is -2.25. The molecule has 88 valence electrons. The molecule has 0 N–H and O–H groups in total. The van der Waals surface area contributed by atoms with Gasteiger partial charge in [0, 0.05) is 5.92 Å². The van der Waals surface area contributed by atoms with Crippen LogP contribution >= 0.6 is 11.8 Å². The fraction of sp³-hybridized carbons (Fsp3) is 0.929. The normalized spacial score (nSPS) is 53.8. The van der Waals surface area contributed by atoms with Crippen LogP contribution in [0.1, 0.15) is 38.5 Å². The van der Waals surface area contributed by atoms with Gasteiger partial charge in [0.05, 0.1) is 5.25 Å². The van der Waals surface area contributed by atoms with Crippen molar-refractivity contribution in [2.24, 2.45) is 29.6 Å². The topological polar surface area (TPSA) is 17.1 Å². The number of thioether (sulfide) groups is 1. The van der Waals surface area contributed by atoms with Crippen LogP contribution in [0.15, 0.2) is 0 Å². The van der Waals surface area contributed by atoms with Crippen LogP contribution in [0.5, 0.6) is 0 Å². The molecule has 1 heterocycles. The Morgan fingerprint density at radius 2 is 1.75 bits per heavy atom. The van der Waals surface area contributed by atoms with Crippen LogP contribution in [0.2, 0.25) is 0 Å². The van der Waals surface area contributed by atoms with Crippen molar-refractivity contribution in [3.05, 3.63) is 0 Å². The largest absolute Gasteiger partial charge is 0.298 e. The number of fused-ring (bicyclic) bond motifs is 5. The molecule has 1 aliphatic heterocycles. The first-order valence-electron chi connectivity index (χ1n) is 7.01. The molecule has 4 fully saturated rings. The van der Waals surface area contributed by atoms with Crippen molar-refractivity contribution in [3.63, 3.8) is 0 Å². The number of carbonyl (C=O) groups excluding carboxylic acids is 1. The van der Waals surface area contributed by atoms with Gasteiger partial charge in [0.25, 0.3) is 0 Å². The van der Waals surface area contributed by atoms with E-state index < -0.39 is 0 Å². The van der Waals surface area contributed by atoms with Crippen LogP contribution < -0.4 is 0 Å². The minimum Gasteiger partial charge on any atom is -0.298 e. The molecule has 0 aromatic heterocycles. The Hall–Kier alpha value is 0.0200. The molecule has 1 saturated heterocycles. The first-order chi connectivity index (χ1) is 7.86. The van der Waals surface area contributed by atoms with E-state index in [1.54, 1.807) is 0 Å². The number of hydrogen-bond donors (Lipinski definition) is 0. The third kappa shape index (κ3) is 1.28. The molecule has 5 unspecified atom stereocenters. The molecule has 0 spiro atoms. The van der Waals surface area contributed by atoms with E-state index in [0.717, 1.165) is 23.7 Å². The van der Waals surface area contributed by atoms with E-state index in [1.165, 1.54) is 44.3 Å². The summed E-state index contributed by atoms with van der Waals surface area (Å²) in [7, 11) is 0. The predicted octanol–water partition coefficient (Wildman–Crippen LogP) is 3.13. The fourth-order valence-electron chi connectivity index (χ4n) is 4.89. The maximum atomic E-state index is 12.5. The summed E-state index contributed by atoms with van der Waals surface area (Å²) in [6.45, 7) is 0. The van der Waals surface area contributed by atoms with Crippen LogP contribution in [0.25, 0.3) is 0 Å². The second kappa shape index (κ2) is 3.51. The molecular formula is C14H20OS. The summed E-state index contributed by atoms with van der Waals surface area (Å²) in [5.74, 6) is 6.04. The molecule has 0 radical (unpaired) electrons. The fourth-order valence-corrected chi connectivity index (χ4v) is 6.20. The summed E-state index contributed by atoms with van der Waals surface area (Å²) in [5.41, 5.74) is 0. The Kier molecular flexibility index (Phi) is 2.19. The molecule has 0 amide bonds. The summed E-state index contributed by atoms with van der Waals surface area (Å²) in [5, 5.41) is 0.392. The highest BCUT2D eigenvalue weighted by atomic mass is 32.2. The highest BCUT2D eigenvalue weighted by Gasteiger charge is 2.67. The Morgan fingerprint density at radius 1 is 1.00 bits per heavy atom. The molecule has 3 saturated carbocycles.